The zero-order chi connectivity index (χ0) is 15.0. The van der Waals surface area contributed by atoms with Crippen molar-refractivity contribution in [3.05, 3.63) is 60.4 Å². The molecule has 0 unspecified atom stereocenters. The Morgan fingerprint density at radius 2 is 1.71 bits per heavy atom. The van der Waals surface area contributed by atoms with Gasteiger partial charge in [-0.05, 0) is 31.2 Å². The van der Waals surface area contributed by atoms with Gasteiger partial charge in [0.15, 0.2) is 5.52 Å². The summed E-state index contributed by atoms with van der Waals surface area (Å²) in [6, 6.07) is 14.4. The first-order chi connectivity index (χ1) is 9.97. The number of rotatable bonds is 3. The SMILES string of the molecule is Cc1ccc(S(=O)(=O)Nn2c[n+](C)c3ccccc32)cc1. The van der Waals surface area contributed by atoms with E-state index in [4.69, 9.17) is 0 Å². The minimum Gasteiger partial charge on any atom is -0.231 e. The lowest BCUT2D eigenvalue weighted by atomic mass is 10.2. The van der Waals surface area contributed by atoms with E-state index in [-0.39, 0.29) is 4.90 Å². The van der Waals surface area contributed by atoms with Crippen molar-refractivity contribution in [1.29, 1.82) is 0 Å². The molecular weight excluding hydrogens is 286 g/mol. The summed E-state index contributed by atoms with van der Waals surface area (Å²) in [6.45, 7) is 1.92. The molecule has 108 valence electrons. The average molecular weight is 302 g/mol. The van der Waals surface area contributed by atoms with Crippen LogP contribution in [0, 0.1) is 6.92 Å². The Morgan fingerprint density at radius 1 is 1.05 bits per heavy atom. The largest absolute Gasteiger partial charge is 0.290 e. The Labute approximate surface area is 123 Å². The highest BCUT2D eigenvalue weighted by Crippen LogP contribution is 2.13. The van der Waals surface area contributed by atoms with Crippen LogP contribution < -0.4 is 9.40 Å². The molecule has 0 fully saturated rings. The van der Waals surface area contributed by atoms with Gasteiger partial charge in [0.05, 0.1) is 11.9 Å². The zero-order valence-electron chi connectivity index (χ0n) is 11.8. The van der Waals surface area contributed by atoms with Crippen LogP contribution in [0.2, 0.25) is 0 Å². The molecule has 0 spiro atoms. The summed E-state index contributed by atoms with van der Waals surface area (Å²) < 4.78 is 28.2. The number of hydrogen-bond acceptors (Lipinski definition) is 2. The Bertz CT molecular complexity index is 896. The van der Waals surface area contributed by atoms with Gasteiger partial charge in [0.25, 0.3) is 16.4 Å². The summed E-state index contributed by atoms with van der Waals surface area (Å²) in [6.07, 6.45) is 1.70. The first-order valence-electron chi connectivity index (χ1n) is 6.52. The van der Waals surface area contributed by atoms with Crippen LogP contribution in [0.15, 0.2) is 59.8 Å². The van der Waals surface area contributed by atoms with Gasteiger partial charge in [-0.25, -0.2) is 4.57 Å². The van der Waals surface area contributed by atoms with E-state index in [1.165, 1.54) is 4.68 Å². The summed E-state index contributed by atoms with van der Waals surface area (Å²) in [5, 5.41) is 0. The highest BCUT2D eigenvalue weighted by atomic mass is 32.2. The maximum Gasteiger partial charge on any atom is 0.290 e. The molecule has 1 N–H and O–H groups in total. The van der Waals surface area contributed by atoms with Gasteiger partial charge in [0.2, 0.25) is 5.52 Å². The molecule has 0 bridgehead atoms. The van der Waals surface area contributed by atoms with Crippen LogP contribution in [0.1, 0.15) is 5.56 Å². The van der Waals surface area contributed by atoms with Crippen LogP contribution in [-0.4, -0.2) is 13.1 Å². The van der Waals surface area contributed by atoms with Crippen LogP contribution in [-0.2, 0) is 17.1 Å². The van der Waals surface area contributed by atoms with Crippen molar-refractivity contribution in [2.45, 2.75) is 11.8 Å². The summed E-state index contributed by atoms with van der Waals surface area (Å²) in [5.74, 6) is 0. The highest BCUT2D eigenvalue weighted by Gasteiger charge is 2.20. The van der Waals surface area contributed by atoms with Crippen LogP contribution in [0.5, 0.6) is 0 Å². The van der Waals surface area contributed by atoms with E-state index >= 15 is 0 Å². The van der Waals surface area contributed by atoms with E-state index in [9.17, 15) is 8.42 Å². The quantitative estimate of drug-likeness (QED) is 0.749. The van der Waals surface area contributed by atoms with Gasteiger partial charge in [-0.15, -0.1) is 9.51 Å². The minimum absolute atomic E-state index is 0.244. The van der Waals surface area contributed by atoms with E-state index in [0.717, 1.165) is 16.6 Å². The van der Waals surface area contributed by atoms with Crippen molar-refractivity contribution in [1.82, 2.24) is 4.68 Å². The van der Waals surface area contributed by atoms with Crippen molar-refractivity contribution in [3.8, 4) is 0 Å². The number of nitrogens with one attached hydrogen (secondary N) is 1. The molecule has 0 saturated carbocycles. The standard InChI is InChI=1S/C15H16N3O2S/c1-12-7-9-13(10-8-12)21(19,20)16-18-11-17(2)14-5-3-4-6-15(14)18/h3-11,16H,1-2H3/q+1. The third kappa shape index (κ3) is 2.50. The van der Waals surface area contributed by atoms with Crippen LogP contribution in [0.3, 0.4) is 0 Å². The van der Waals surface area contributed by atoms with E-state index in [1.54, 1.807) is 30.6 Å². The highest BCUT2D eigenvalue weighted by molar-refractivity contribution is 7.92. The molecule has 0 amide bonds. The number of aromatic nitrogens is 2. The number of imidazole rings is 1. The van der Waals surface area contributed by atoms with Gasteiger partial charge in [-0.3, -0.25) is 0 Å². The molecule has 0 atom stereocenters. The first-order valence-corrected chi connectivity index (χ1v) is 8.01. The fourth-order valence-electron chi connectivity index (χ4n) is 2.24. The van der Waals surface area contributed by atoms with Crippen LogP contribution in [0.25, 0.3) is 11.0 Å². The normalized spacial score (nSPS) is 11.7. The first kappa shape index (κ1) is 13.6. The molecule has 1 aromatic heterocycles. The third-order valence-electron chi connectivity index (χ3n) is 3.36. The van der Waals surface area contributed by atoms with Gasteiger partial charge >= 0.3 is 0 Å². The van der Waals surface area contributed by atoms with E-state index in [1.807, 2.05) is 42.8 Å². The minimum atomic E-state index is -3.61. The maximum atomic E-state index is 12.4. The summed E-state index contributed by atoms with van der Waals surface area (Å²) >= 11 is 0. The van der Waals surface area contributed by atoms with E-state index < -0.39 is 10.0 Å². The number of nitrogens with zero attached hydrogens (tertiary/aromatic N) is 2. The number of hydrogen-bond donors (Lipinski definition) is 1. The zero-order valence-corrected chi connectivity index (χ0v) is 12.6. The second-order valence-corrected chi connectivity index (χ2v) is 6.65. The van der Waals surface area contributed by atoms with Gasteiger partial charge in [0, 0.05) is 0 Å². The molecule has 0 saturated heterocycles. The summed E-state index contributed by atoms with van der Waals surface area (Å²) in [5.41, 5.74) is 2.77. The fraction of sp³-hybridized carbons (Fsp3) is 0.133. The number of benzene rings is 2. The predicted molar refractivity (Wildman–Crippen MR) is 80.8 cm³/mol. The lowest BCUT2D eigenvalue weighted by molar-refractivity contribution is -0.645. The average Bonchev–Trinajstić information content (AvgIpc) is 2.76. The molecule has 5 nitrogen and oxygen atoms in total. The predicted octanol–water partition coefficient (Wildman–Crippen LogP) is 1.71. The monoisotopic (exact) mass is 302 g/mol. The smallest absolute Gasteiger partial charge is 0.231 e. The Morgan fingerprint density at radius 3 is 2.43 bits per heavy atom. The second-order valence-electron chi connectivity index (χ2n) is 4.99. The maximum absolute atomic E-state index is 12.4. The molecule has 0 radical (unpaired) electrons. The topological polar surface area (TPSA) is 55.0 Å². The van der Waals surface area contributed by atoms with Gasteiger partial charge in [0.1, 0.15) is 0 Å². The third-order valence-corrected chi connectivity index (χ3v) is 4.69. The van der Waals surface area contributed by atoms with Crippen molar-refractivity contribution >= 4 is 21.1 Å². The number of aryl methyl sites for hydroxylation is 2. The van der Waals surface area contributed by atoms with Crippen molar-refractivity contribution < 1.29 is 13.0 Å². The molecular formula is C15H16N3O2S+. The Hall–Kier alpha value is -2.34. The molecule has 21 heavy (non-hydrogen) atoms. The molecule has 3 rings (SSSR count). The van der Waals surface area contributed by atoms with Gasteiger partial charge in [-0.1, -0.05) is 29.8 Å². The van der Waals surface area contributed by atoms with Gasteiger partial charge < -0.3 is 0 Å². The summed E-state index contributed by atoms with van der Waals surface area (Å²) in [7, 11) is -1.73. The van der Waals surface area contributed by atoms with Crippen molar-refractivity contribution in [2.75, 3.05) is 4.83 Å². The van der Waals surface area contributed by atoms with Gasteiger partial charge in [-0.2, -0.15) is 8.42 Å². The second kappa shape index (κ2) is 4.89. The molecule has 2 aromatic carbocycles. The summed E-state index contributed by atoms with van der Waals surface area (Å²) in [4.78, 5) is 2.83. The number of sulfonamides is 1. The lowest BCUT2D eigenvalue weighted by Crippen LogP contribution is -2.28. The number of fused-ring (bicyclic) bond motifs is 1. The van der Waals surface area contributed by atoms with Crippen molar-refractivity contribution in [2.24, 2.45) is 7.05 Å². The van der Waals surface area contributed by atoms with Crippen LogP contribution >= 0.6 is 0 Å². The number of para-hydroxylation sites is 2. The molecule has 1 heterocycles. The molecule has 0 aliphatic carbocycles. The molecule has 3 aromatic rings. The lowest BCUT2D eigenvalue weighted by Gasteiger charge is -2.05. The van der Waals surface area contributed by atoms with Crippen molar-refractivity contribution in [3.63, 3.8) is 0 Å². The molecule has 0 aliphatic heterocycles. The molecule has 0 aliphatic rings. The Balaban J connectivity index is 2.03. The van der Waals surface area contributed by atoms with E-state index in [0.29, 0.717) is 0 Å². The van der Waals surface area contributed by atoms with Crippen LogP contribution in [0.4, 0.5) is 0 Å². The molecule has 6 heteroatoms. The Kier molecular flexibility index (Phi) is 3.17. The fourth-order valence-corrected chi connectivity index (χ4v) is 3.24. The van der Waals surface area contributed by atoms with E-state index in [2.05, 4.69) is 4.83 Å².